The Morgan fingerprint density at radius 3 is 2.09 bits per heavy atom. The molecule has 2 aromatic rings. The summed E-state index contributed by atoms with van der Waals surface area (Å²) in [6.45, 7) is 1.73. The van der Waals surface area contributed by atoms with Crippen LogP contribution in [0.25, 0.3) is 0 Å². The maximum Gasteiger partial charge on any atom is 0.416 e. The number of hydrogen-bond acceptors (Lipinski definition) is 4. The highest BCUT2D eigenvalue weighted by Gasteiger charge is 2.34. The molecule has 0 aromatic heterocycles. The highest BCUT2D eigenvalue weighted by molar-refractivity contribution is 7.88. The topological polar surface area (TPSA) is 60.9 Å². The summed E-state index contributed by atoms with van der Waals surface area (Å²) in [7, 11) is -3.46. The largest absolute Gasteiger partial charge is 0.416 e. The molecule has 34 heavy (non-hydrogen) atoms. The maximum absolute atomic E-state index is 12.9. The number of alkyl halides is 3. The zero-order valence-electron chi connectivity index (χ0n) is 18.7. The maximum atomic E-state index is 12.9. The fourth-order valence-electron chi connectivity index (χ4n) is 4.15. The van der Waals surface area contributed by atoms with Crippen LogP contribution in [0.5, 0.6) is 0 Å². The Morgan fingerprint density at radius 1 is 0.912 bits per heavy atom. The number of piperazine rings is 1. The van der Waals surface area contributed by atoms with E-state index in [4.69, 9.17) is 0 Å². The molecule has 6 nitrogen and oxygen atoms in total. The predicted molar refractivity (Wildman–Crippen MR) is 122 cm³/mol. The van der Waals surface area contributed by atoms with Crippen molar-refractivity contribution in [1.82, 2.24) is 14.1 Å². The standard InChI is InChI=1S/C24H28F3N3O3S/c25-24(26,27)21-8-6-19(7-9-21)16-29(22-10-11-22)17-23(31)28-12-14-30(15-13-28)34(32,33)18-20-4-2-1-3-5-20/h1-9,22H,10-18H2. The van der Waals surface area contributed by atoms with E-state index in [0.717, 1.165) is 36.1 Å². The van der Waals surface area contributed by atoms with Gasteiger partial charge >= 0.3 is 6.18 Å². The van der Waals surface area contributed by atoms with Crippen LogP contribution in [0.15, 0.2) is 54.6 Å². The Balaban J connectivity index is 1.31. The van der Waals surface area contributed by atoms with Gasteiger partial charge in [0, 0.05) is 38.8 Å². The Bertz CT molecular complexity index is 1080. The Hall–Kier alpha value is -2.43. The van der Waals surface area contributed by atoms with Crippen LogP contribution in [-0.2, 0) is 33.3 Å². The molecule has 0 radical (unpaired) electrons. The highest BCUT2D eigenvalue weighted by Crippen LogP contribution is 2.31. The van der Waals surface area contributed by atoms with Gasteiger partial charge in [0.1, 0.15) is 0 Å². The molecule has 1 saturated heterocycles. The first-order valence-corrected chi connectivity index (χ1v) is 12.9. The number of halogens is 3. The summed E-state index contributed by atoms with van der Waals surface area (Å²) in [6, 6.07) is 14.3. The van der Waals surface area contributed by atoms with Gasteiger partial charge in [0.15, 0.2) is 0 Å². The average molecular weight is 496 g/mol. The van der Waals surface area contributed by atoms with Gasteiger partial charge in [0.05, 0.1) is 17.9 Å². The number of rotatable bonds is 8. The van der Waals surface area contributed by atoms with Gasteiger partial charge in [-0.2, -0.15) is 17.5 Å². The van der Waals surface area contributed by atoms with Gasteiger partial charge in [0.25, 0.3) is 0 Å². The molecule has 1 aliphatic heterocycles. The van der Waals surface area contributed by atoms with Crippen molar-refractivity contribution in [2.24, 2.45) is 0 Å². The minimum Gasteiger partial charge on any atom is -0.339 e. The number of carbonyl (C=O) groups excluding carboxylic acids is 1. The van der Waals surface area contributed by atoms with Crippen molar-refractivity contribution >= 4 is 15.9 Å². The third-order valence-corrected chi connectivity index (χ3v) is 8.10. The molecule has 0 atom stereocenters. The summed E-state index contributed by atoms with van der Waals surface area (Å²) in [5.74, 6) is -0.149. The highest BCUT2D eigenvalue weighted by atomic mass is 32.2. The number of sulfonamides is 1. The second-order valence-corrected chi connectivity index (χ2v) is 10.8. The lowest BCUT2D eigenvalue weighted by Crippen LogP contribution is -2.52. The van der Waals surface area contributed by atoms with Gasteiger partial charge in [-0.15, -0.1) is 0 Å². The molecule has 10 heteroatoms. The van der Waals surface area contributed by atoms with Crippen LogP contribution in [0.3, 0.4) is 0 Å². The number of carbonyl (C=O) groups is 1. The van der Waals surface area contributed by atoms with Crippen LogP contribution >= 0.6 is 0 Å². The second kappa shape index (κ2) is 10.1. The Morgan fingerprint density at radius 2 is 1.53 bits per heavy atom. The SMILES string of the molecule is O=C(CN(Cc1ccc(C(F)(F)F)cc1)C1CC1)N1CCN(S(=O)(=O)Cc2ccccc2)CC1. The molecule has 0 spiro atoms. The summed E-state index contributed by atoms with van der Waals surface area (Å²) < 4.78 is 65.3. The summed E-state index contributed by atoms with van der Waals surface area (Å²) in [5, 5.41) is 0. The molecule has 1 amide bonds. The molecule has 0 N–H and O–H groups in total. The fourth-order valence-corrected chi connectivity index (χ4v) is 5.67. The average Bonchev–Trinajstić information content (AvgIpc) is 3.64. The molecule has 0 unspecified atom stereocenters. The number of benzene rings is 2. The lowest BCUT2D eigenvalue weighted by Gasteiger charge is -2.35. The number of nitrogens with zero attached hydrogens (tertiary/aromatic N) is 3. The minimum absolute atomic E-state index is 0.0651. The molecule has 2 fully saturated rings. The molecule has 1 aliphatic carbocycles. The third kappa shape index (κ3) is 6.37. The van der Waals surface area contributed by atoms with Crippen molar-refractivity contribution in [2.75, 3.05) is 32.7 Å². The van der Waals surface area contributed by atoms with Crippen molar-refractivity contribution in [2.45, 2.75) is 37.4 Å². The molecule has 1 heterocycles. The summed E-state index contributed by atoms with van der Waals surface area (Å²) in [6.07, 6.45) is -2.46. The molecule has 184 valence electrons. The van der Waals surface area contributed by atoms with Crippen molar-refractivity contribution in [3.05, 3.63) is 71.3 Å². The van der Waals surface area contributed by atoms with Crippen LogP contribution in [-0.4, -0.2) is 67.2 Å². The Kier molecular flexibility index (Phi) is 7.30. The number of amides is 1. The first kappa shape index (κ1) is 24.7. The first-order valence-electron chi connectivity index (χ1n) is 11.3. The van der Waals surface area contributed by atoms with Gasteiger partial charge in [-0.25, -0.2) is 8.42 Å². The van der Waals surface area contributed by atoms with E-state index < -0.39 is 21.8 Å². The van der Waals surface area contributed by atoms with Gasteiger partial charge in [-0.1, -0.05) is 42.5 Å². The molecule has 4 rings (SSSR count). The minimum atomic E-state index is -4.37. The van der Waals surface area contributed by atoms with E-state index in [1.165, 1.54) is 16.4 Å². The number of hydrogen-bond donors (Lipinski definition) is 0. The van der Waals surface area contributed by atoms with Crippen LogP contribution in [0.1, 0.15) is 29.5 Å². The van der Waals surface area contributed by atoms with E-state index >= 15 is 0 Å². The zero-order valence-corrected chi connectivity index (χ0v) is 19.6. The van der Waals surface area contributed by atoms with Gasteiger partial charge < -0.3 is 4.90 Å². The van der Waals surface area contributed by atoms with E-state index in [2.05, 4.69) is 0 Å². The van der Waals surface area contributed by atoms with E-state index in [1.54, 1.807) is 29.2 Å². The van der Waals surface area contributed by atoms with Gasteiger partial charge in [0.2, 0.25) is 15.9 Å². The summed E-state index contributed by atoms with van der Waals surface area (Å²) in [4.78, 5) is 16.6. The van der Waals surface area contributed by atoms with E-state index in [0.29, 0.717) is 19.6 Å². The zero-order chi connectivity index (χ0) is 24.3. The monoisotopic (exact) mass is 495 g/mol. The van der Waals surface area contributed by atoms with Gasteiger partial charge in [-0.3, -0.25) is 9.69 Å². The molecule has 1 saturated carbocycles. The molecular weight excluding hydrogens is 467 g/mol. The van der Waals surface area contributed by atoms with Gasteiger partial charge in [-0.05, 0) is 36.1 Å². The van der Waals surface area contributed by atoms with E-state index in [9.17, 15) is 26.4 Å². The first-order chi connectivity index (χ1) is 16.1. The van der Waals surface area contributed by atoms with E-state index in [-0.39, 0.29) is 37.3 Å². The summed E-state index contributed by atoms with van der Waals surface area (Å²) in [5.41, 5.74) is 0.763. The quantitative estimate of drug-likeness (QED) is 0.564. The third-order valence-electron chi connectivity index (χ3n) is 6.25. The summed E-state index contributed by atoms with van der Waals surface area (Å²) >= 11 is 0. The normalized spacial score (nSPS) is 17.8. The van der Waals surface area contributed by atoms with Crippen molar-refractivity contribution in [3.8, 4) is 0 Å². The second-order valence-electron chi connectivity index (χ2n) is 8.85. The molecule has 2 aromatic carbocycles. The van der Waals surface area contributed by atoms with Crippen molar-refractivity contribution < 1.29 is 26.4 Å². The smallest absolute Gasteiger partial charge is 0.339 e. The Labute approximate surface area is 198 Å². The fraction of sp³-hybridized carbons (Fsp3) is 0.458. The molecule has 2 aliphatic rings. The predicted octanol–water partition coefficient (Wildman–Crippen LogP) is 3.34. The lowest BCUT2D eigenvalue weighted by molar-refractivity contribution is -0.137. The van der Waals surface area contributed by atoms with Crippen LogP contribution in [0, 0.1) is 0 Å². The van der Waals surface area contributed by atoms with Crippen LogP contribution < -0.4 is 0 Å². The molecule has 0 bridgehead atoms. The van der Waals surface area contributed by atoms with Crippen LogP contribution in [0.2, 0.25) is 0 Å². The van der Waals surface area contributed by atoms with E-state index in [1.807, 2.05) is 11.0 Å². The van der Waals surface area contributed by atoms with Crippen molar-refractivity contribution in [1.29, 1.82) is 0 Å². The lowest BCUT2D eigenvalue weighted by atomic mass is 10.1. The van der Waals surface area contributed by atoms with Crippen molar-refractivity contribution in [3.63, 3.8) is 0 Å². The van der Waals surface area contributed by atoms with Crippen LogP contribution in [0.4, 0.5) is 13.2 Å². The molecular formula is C24H28F3N3O3S.